The van der Waals surface area contributed by atoms with Crippen molar-refractivity contribution in [2.24, 2.45) is 5.92 Å². The Balaban J connectivity index is 2.02. The van der Waals surface area contributed by atoms with Crippen LogP contribution in [0.15, 0.2) is 22.7 Å². The minimum Gasteiger partial charge on any atom is -0.398 e. The lowest BCUT2D eigenvalue weighted by molar-refractivity contribution is 0.389. The van der Waals surface area contributed by atoms with Gasteiger partial charge in [-0.05, 0) is 36.5 Å². The molecule has 3 atom stereocenters. The second-order valence-electron chi connectivity index (χ2n) is 5.26. The van der Waals surface area contributed by atoms with E-state index in [1.807, 2.05) is 18.2 Å². The van der Waals surface area contributed by atoms with Crippen LogP contribution in [0.5, 0.6) is 0 Å². The summed E-state index contributed by atoms with van der Waals surface area (Å²) >= 11 is 3.39. The molecule has 0 aromatic heterocycles. The third-order valence-electron chi connectivity index (χ3n) is 3.67. The maximum Gasteiger partial charge on any atom is 0.0508 e. The molecule has 3 unspecified atom stereocenters. The normalized spacial score (nSPS) is 25.9. The molecule has 1 fully saturated rings. The van der Waals surface area contributed by atoms with Crippen LogP contribution in [-0.2, 0) is 16.6 Å². The Hall–Kier alpha value is -0.350. The highest BCUT2D eigenvalue weighted by Crippen LogP contribution is 2.29. The Kier molecular flexibility index (Phi) is 4.84. The van der Waals surface area contributed by atoms with Crippen molar-refractivity contribution >= 4 is 32.4 Å². The minimum atomic E-state index is -0.790. The zero-order valence-corrected chi connectivity index (χ0v) is 13.1. The summed E-state index contributed by atoms with van der Waals surface area (Å²) in [4.78, 5) is 0. The molecule has 0 amide bonds. The number of anilines is 1. The van der Waals surface area contributed by atoms with E-state index >= 15 is 0 Å². The van der Waals surface area contributed by atoms with Crippen molar-refractivity contribution in [1.29, 1.82) is 0 Å². The molecule has 100 valence electrons. The Morgan fingerprint density at radius 1 is 1.44 bits per heavy atom. The molecule has 1 aromatic carbocycles. The molecule has 0 saturated heterocycles. The van der Waals surface area contributed by atoms with Gasteiger partial charge in [0.1, 0.15) is 0 Å². The molecule has 1 aromatic rings. The van der Waals surface area contributed by atoms with Crippen LogP contribution in [0.25, 0.3) is 0 Å². The third kappa shape index (κ3) is 3.58. The fraction of sp³-hybridized carbons (Fsp3) is 0.571. The predicted octanol–water partition coefficient (Wildman–Crippen LogP) is 3.86. The summed E-state index contributed by atoms with van der Waals surface area (Å²) in [7, 11) is -0.790. The van der Waals surface area contributed by atoms with Gasteiger partial charge in [-0.1, -0.05) is 41.8 Å². The second-order valence-corrected chi connectivity index (χ2v) is 7.89. The first kappa shape index (κ1) is 14.1. The molecule has 1 saturated carbocycles. The summed E-state index contributed by atoms with van der Waals surface area (Å²) in [5.74, 6) is 1.31. The van der Waals surface area contributed by atoms with E-state index in [0.717, 1.165) is 34.5 Å². The molecule has 1 aliphatic rings. The van der Waals surface area contributed by atoms with Gasteiger partial charge in [0, 0.05) is 26.2 Å². The number of hydrogen-bond acceptors (Lipinski definition) is 2. The molecular formula is C14H20BrNOS. The van der Waals surface area contributed by atoms with Crippen molar-refractivity contribution < 1.29 is 4.21 Å². The molecule has 4 heteroatoms. The van der Waals surface area contributed by atoms with Crippen molar-refractivity contribution in [2.75, 3.05) is 5.73 Å². The first-order valence-corrected chi connectivity index (χ1v) is 8.65. The summed E-state index contributed by atoms with van der Waals surface area (Å²) < 4.78 is 13.4. The van der Waals surface area contributed by atoms with E-state index in [-0.39, 0.29) is 0 Å². The van der Waals surface area contributed by atoms with Crippen LogP contribution < -0.4 is 5.73 Å². The van der Waals surface area contributed by atoms with Gasteiger partial charge in [-0.2, -0.15) is 0 Å². The Morgan fingerprint density at radius 2 is 2.22 bits per heavy atom. The van der Waals surface area contributed by atoms with E-state index in [1.165, 1.54) is 12.8 Å². The lowest BCUT2D eigenvalue weighted by atomic mass is 9.91. The standard InChI is InChI=1S/C14H20BrNOS/c1-10-3-2-4-13(7-10)18(17)9-11-5-6-12(15)8-14(11)16/h5-6,8,10,13H,2-4,7,9,16H2,1H3. The number of rotatable bonds is 3. The topological polar surface area (TPSA) is 43.1 Å². The number of nitrogen functional groups attached to an aromatic ring is 1. The van der Waals surface area contributed by atoms with E-state index in [0.29, 0.717) is 11.0 Å². The molecule has 0 heterocycles. The number of halogens is 1. The van der Waals surface area contributed by atoms with Crippen LogP contribution in [0.4, 0.5) is 5.69 Å². The van der Waals surface area contributed by atoms with Crippen LogP contribution in [0.2, 0.25) is 0 Å². The molecule has 0 aliphatic heterocycles. The van der Waals surface area contributed by atoms with Gasteiger partial charge in [0.15, 0.2) is 0 Å². The SMILES string of the molecule is CC1CCCC(S(=O)Cc2ccc(Br)cc2N)C1. The number of nitrogens with two attached hydrogens (primary N) is 1. The first-order valence-electron chi connectivity index (χ1n) is 6.47. The number of hydrogen-bond donors (Lipinski definition) is 1. The predicted molar refractivity (Wildman–Crippen MR) is 81.8 cm³/mol. The van der Waals surface area contributed by atoms with Crippen LogP contribution in [0.1, 0.15) is 38.2 Å². The summed E-state index contributed by atoms with van der Waals surface area (Å²) in [6.45, 7) is 2.26. The highest BCUT2D eigenvalue weighted by molar-refractivity contribution is 9.10. The van der Waals surface area contributed by atoms with Gasteiger partial charge in [-0.25, -0.2) is 0 Å². The fourth-order valence-electron chi connectivity index (χ4n) is 2.59. The average molecular weight is 330 g/mol. The molecule has 0 spiro atoms. The average Bonchev–Trinajstić information content (AvgIpc) is 2.32. The minimum absolute atomic E-state index is 0.358. The molecule has 2 rings (SSSR count). The molecule has 18 heavy (non-hydrogen) atoms. The lowest BCUT2D eigenvalue weighted by Crippen LogP contribution is -2.24. The fourth-order valence-corrected chi connectivity index (χ4v) is 4.74. The van der Waals surface area contributed by atoms with Crippen molar-refractivity contribution in [1.82, 2.24) is 0 Å². The first-order chi connectivity index (χ1) is 8.56. The summed E-state index contributed by atoms with van der Waals surface area (Å²) in [6.07, 6.45) is 4.71. The highest BCUT2D eigenvalue weighted by atomic mass is 79.9. The summed E-state index contributed by atoms with van der Waals surface area (Å²) in [6, 6.07) is 5.83. The highest BCUT2D eigenvalue weighted by Gasteiger charge is 2.24. The van der Waals surface area contributed by atoms with E-state index < -0.39 is 10.8 Å². The van der Waals surface area contributed by atoms with E-state index in [2.05, 4.69) is 22.9 Å². The molecule has 2 N–H and O–H groups in total. The van der Waals surface area contributed by atoms with Gasteiger partial charge >= 0.3 is 0 Å². The summed E-state index contributed by atoms with van der Waals surface area (Å²) in [5.41, 5.74) is 7.71. The van der Waals surface area contributed by atoms with E-state index in [1.54, 1.807) is 0 Å². The molecular weight excluding hydrogens is 310 g/mol. The molecule has 1 aliphatic carbocycles. The Morgan fingerprint density at radius 3 is 2.89 bits per heavy atom. The van der Waals surface area contributed by atoms with Crippen molar-refractivity contribution in [3.8, 4) is 0 Å². The Bertz CT molecular complexity index is 449. The van der Waals surface area contributed by atoms with Crippen molar-refractivity contribution in [3.05, 3.63) is 28.2 Å². The zero-order chi connectivity index (χ0) is 13.1. The van der Waals surface area contributed by atoms with E-state index in [9.17, 15) is 4.21 Å². The molecule has 2 nitrogen and oxygen atoms in total. The van der Waals surface area contributed by atoms with Crippen LogP contribution in [-0.4, -0.2) is 9.46 Å². The van der Waals surface area contributed by atoms with E-state index in [4.69, 9.17) is 5.73 Å². The lowest BCUT2D eigenvalue weighted by Gasteiger charge is -2.26. The van der Waals surface area contributed by atoms with Gasteiger partial charge in [0.25, 0.3) is 0 Å². The second kappa shape index (κ2) is 6.20. The van der Waals surface area contributed by atoms with Crippen LogP contribution in [0.3, 0.4) is 0 Å². The maximum atomic E-state index is 12.4. The van der Waals surface area contributed by atoms with Crippen LogP contribution >= 0.6 is 15.9 Å². The third-order valence-corrected chi connectivity index (χ3v) is 5.93. The van der Waals surface area contributed by atoms with Gasteiger partial charge in [0.2, 0.25) is 0 Å². The quantitative estimate of drug-likeness (QED) is 0.855. The maximum absolute atomic E-state index is 12.4. The van der Waals surface area contributed by atoms with Gasteiger partial charge in [-0.3, -0.25) is 4.21 Å². The molecule has 0 bridgehead atoms. The Labute approximate surface area is 120 Å². The van der Waals surface area contributed by atoms with Crippen molar-refractivity contribution in [3.63, 3.8) is 0 Å². The largest absolute Gasteiger partial charge is 0.398 e. The summed E-state index contributed by atoms with van der Waals surface area (Å²) in [5, 5.41) is 0.358. The van der Waals surface area contributed by atoms with Crippen LogP contribution in [0, 0.1) is 5.92 Å². The monoisotopic (exact) mass is 329 g/mol. The van der Waals surface area contributed by atoms with Gasteiger partial charge < -0.3 is 5.73 Å². The van der Waals surface area contributed by atoms with Crippen molar-refractivity contribution in [2.45, 2.75) is 43.6 Å². The molecule has 0 radical (unpaired) electrons. The van der Waals surface area contributed by atoms with Gasteiger partial charge in [0.05, 0.1) is 5.75 Å². The van der Waals surface area contributed by atoms with Gasteiger partial charge in [-0.15, -0.1) is 0 Å². The smallest absolute Gasteiger partial charge is 0.0508 e. The number of benzene rings is 1. The zero-order valence-electron chi connectivity index (χ0n) is 10.7.